The van der Waals surface area contributed by atoms with E-state index in [1.54, 1.807) is 0 Å². The number of unbranched alkanes of at least 4 members (excludes halogenated alkanes) is 3. The van der Waals surface area contributed by atoms with Crippen molar-refractivity contribution < 1.29 is 19.8 Å². The third-order valence-electron chi connectivity index (χ3n) is 5.38. The monoisotopic (exact) mass is 415 g/mol. The highest BCUT2D eigenvalue weighted by atomic mass is 32.2. The lowest BCUT2D eigenvalue weighted by atomic mass is 9.84. The summed E-state index contributed by atoms with van der Waals surface area (Å²) < 4.78 is 9.28. The van der Waals surface area contributed by atoms with Crippen LogP contribution in [0.3, 0.4) is 0 Å². The van der Waals surface area contributed by atoms with Crippen LogP contribution in [-0.2, 0) is 9.59 Å². The van der Waals surface area contributed by atoms with E-state index in [0.717, 1.165) is 12.0 Å². The van der Waals surface area contributed by atoms with Crippen LogP contribution in [0.1, 0.15) is 64.0 Å². The molecule has 2 fully saturated rings. The first-order valence-corrected chi connectivity index (χ1v) is 11.3. The average molecular weight is 416 g/mol. The summed E-state index contributed by atoms with van der Waals surface area (Å²) in [5.74, 6) is -0.999. The largest absolute Gasteiger partial charge is 0.473 e. The molecule has 4 atom stereocenters. The molecule has 2 bridgehead atoms. The van der Waals surface area contributed by atoms with Gasteiger partial charge in [-0.25, -0.2) is 9.59 Å². The van der Waals surface area contributed by atoms with Crippen LogP contribution in [0.15, 0.2) is 5.03 Å². The van der Waals surface area contributed by atoms with Crippen LogP contribution < -0.4 is 0 Å². The maximum absolute atomic E-state index is 9.10. The van der Waals surface area contributed by atoms with Crippen molar-refractivity contribution in [2.45, 2.75) is 69.4 Å². The van der Waals surface area contributed by atoms with Gasteiger partial charge in [-0.1, -0.05) is 26.2 Å². The van der Waals surface area contributed by atoms with Crippen molar-refractivity contribution in [2.75, 3.05) is 18.8 Å². The highest BCUT2D eigenvalue weighted by Crippen LogP contribution is 2.44. The molecule has 0 aliphatic carbocycles. The average Bonchev–Trinajstić information content (AvgIpc) is 3.13. The summed E-state index contributed by atoms with van der Waals surface area (Å²) in [6.45, 7) is 7.16. The Bertz CT molecular complexity index is 614. The van der Waals surface area contributed by atoms with Crippen molar-refractivity contribution in [1.29, 1.82) is 0 Å². The molecule has 3 heterocycles. The Labute approximate surface area is 168 Å². The van der Waals surface area contributed by atoms with Gasteiger partial charge in [0.1, 0.15) is 5.03 Å². The predicted molar refractivity (Wildman–Crippen MR) is 107 cm³/mol. The smallest absolute Gasteiger partial charge is 0.414 e. The first kappa shape index (κ1) is 22.1. The van der Waals surface area contributed by atoms with Gasteiger partial charge >= 0.3 is 11.9 Å². The lowest BCUT2D eigenvalue weighted by Crippen LogP contribution is -2.34. The van der Waals surface area contributed by atoms with Gasteiger partial charge in [0.2, 0.25) is 0 Å². The number of fused-ring (bicyclic) bond motifs is 2. The van der Waals surface area contributed by atoms with E-state index in [4.69, 9.17) is 24.2 Å². The number of nitrogens with zero attached hydrogens (tertiary/aromatic N) is 3. The molecule has 0 amide bonds. The minimum atomic E-state index is -1.82. The molecule has 0 saturated carbocycles. The molecule has 2 aliphatic heterocycles. The molecule has 9 heteroatoms. The van der Waals surface area contributed by atoms with Crippen molar-refractivity contribution in [2.24, 2.45) is 5.92 Å². The van der Waals surface area contributed by atoms with E-state index in [0.29, 0.717) is 5.92 Å². The minimum absolute atomic E-state index is 0.638. The van der Waals surface area contributed by atoms with Gasteiger partial charge in [0.15, 0.2) is 0 Å². The number of thioether (sulfide) groups is 1. The van der Waals surface area contributed by atoms with E-state index < -0.39 is 11.9 Å². The zero-order valence-corrected chi connectivity index (χ0v) is 17.6. The second-order valence-corrected chi connectivity index (χ2v) is 8.73. The Morgan fingerprint density at radius 1 is 1.22 bits per heavy atom. The molecule has 0 spiro atoms. The number of carboxylic acids is 2. The second-order valence-electron chi connectivity index (χ2n) is 7.12. The van der Waals surface area contributed by atoms with Crippen LogP contribution in [0, 0.1) is 5.92 Å². The van der Waals surface area contributed by atoms with Crippen LogP contribution in [0.2, 0.25) is 0 Å². The Morgan fingerprint density at radius 2 is 1.96 bits per heavy atom. The van der Waals surface area contributed by atoms with Gasteiger partial charge < -0.3 is 10.2 Å². The quantitative estimate of drug-likeness (QED) is 0.396. The number of carboxylic acid groups (broad SMARTS) is 2. The molecular weight excluding hydrogens is 386 g/mol. The van der Waals surface area contributed by atoms with Crippen LogP contribution in [-0.4, -0.2) is 60.7 Å². The zero-order valence-electron chi connectivity index (χ0n) is 16.0. The molecule has 152 valence electrons. The lowest BCUT2D eigenvalue weighted by Gasteiger charge is -2.30. The normalized spacial score (nSPS) is 26.3. The van der Waals surface area contributed by atoms with Crippen molar-refractivity contribution >= 4 is 35.4 Å². The second kappa shape index (κ2) is 11.0. The van der Waals surface area contributed by atoms with Gasteiger partial charge in [0.25, 0.3) is 0 Å². The maximum Gasteiger partial charge on any atom is 0.414 e. The fourth-order valence-electron chi connectivity index (χ4n) is 3.93. The summed E-state index contributed by atoms with van der Waals surface area (Å²) >= 11 is 3.36. The van der Waals surface area contributed by atoms with E-state index in [1.165, 1.54) is 79.8 Å². The van der Waals surface area contributed by atoms with Crippen molar-refractivity contribution in [3.63, 3.8) is 0 Å². The summed E-state index contributed by atoms with van der Waals surface area (Å²) in [5.41, 5.74) is 1.32. The zero-order chi connectivity index (χ0) is 19.8. The number of carbonyl (C=O) groups is 2. The number of aliphatic carboxylic acids is 2. The SMILES string of the molecule is CCCCCCSc1nsnc1C1CN2CCCC1C2C.O=C(O)C(=O)O. The molecule has 4 unspecified atom stereocenters. The summed E-state index contributed by atoms with van der Waals surface area (Å²) in [6.07, 6.45) is 8.08. The van der Waals surface area contributed by atoms with Crippen molar-refractivity contribution in [3.8, 4) is 0 Å². The minimum Gasteiger partial charge on any atom is -0.473 e. The van der Waals surface area contributed by atoms with Crippen LogP contribution in [0.4, 0.5) is 0 Å². The fourth-order valence-corrected chi connectivity index (χ4v) is 5.70. The number of hydrogen-bond donors (Lipinski definition) is 2. The molecule has 1 aromatic rings. The van der Waals surface area contributed by atoms with Gasteiger partial charge in [0, 0.05) is 18.5 Å². The van der Waals surface area contributed by atoms with Crippen LogP contribution in [0.25, 0.3) is 0 Å². The number of hydrogen-bond acceptors (Lipinski definition) is 7. The number of piperidine rings is 1. The Hall–Kier alpha value is -1.19. The van der Waals surface area contributed by atoms with E-state index >= 15 is 0 Å². The molecule has 27 heavy (non-hydrogen) atoms. The standard InChI is InChI=1S/C16H27N3S2.C2H2O4/c1-3-4-5-6-10-20-16-15(17-21-18-16)14-11-19-9-7-8-13(14)12(19)2;3-1(4)2(5)6/h12-14H,3-11H2,1-2H3;(H,3,4)(H,5,6). The Kier molecular flexibility index (Phi) is 8.98. The van der Waals surface area contributed by atoms with E-state index in [-0.39, 0.29) is 0 Å². The van der Waals surface area contributed by atoms with E-state index in [2.05, 4.69) is 23.1 Å². The molecule has 3 rings (SSSR count). The van der Waals surface area contributed by atoms with Crippen molar-refractivity contribution in [1.82, 2.24) is 13.6 Å². The lowest BCUT2D eigenvalue weighted by molar-refractivity contribution is -0.159. The number of rotatable bonds is 7. The molecule has 2 aliphatic rings. The molecule has 2 N–H and O–H groups in total. The molecular formula is C18H29N3O4S2. The molecule has 0 radical (unpaired) electrons. The first-order valence-electron chi connectivity index (χ1n) is 9.61. The summed E-state index contributed by atoms with van der Waals surface area (Å²) in [4.78, 5) is 20.9. The summed E-state index contributed by atoms with van der Waals surface area (Å²) in [5, 5.41) is 16.0. The summed E-state index contributed by atoms with van der Waals surface area (Å²) in [6, 6.07) is 0.743. The predicted octanol–water partition coefficient (Wildman–Crippen LogP) is 3.56. The van der Waals surface area contributed by atoms with Gasteiger partial charge in [-0.3, -0.25) is 4.90 Å². The van der Waals surface area contributed by atoms with Gasteiger partial charge in [0.05, 0.1) is 17.4 Å². The molecule has 0 aromatic carbocycles. The molecule has 2 saturated heterocycles. The van der Waals surface area contributed by atoms with Crippen molar-refractivity contribution in [3.05, 3.63) is 5.69 Å². The van der Waals surface area contributed by atoms with E-state index in [9.17, 15) is 0 Å². The van der Waals surface area contributed by atoms with Gasteiger partial charge in [-0.2, -0.15) is 8.75 Å². The molecule has 7 nitrogen and oxygen atoms in total. The number of aromatic nitrogens is 2. The van der Waals surface area contributed by atoms with Crippen LogP contribution >= 0.6 is 23.5 Å². The maximum atomic E-state index is 9.10. The Morgan fingerprint density at radius 3 is 2.59 bits per heavy atom. The highest BCUT2D eigenvalue weighted by Gasteiger charge is 2.43. The topological polar surface area (TPSA) is 104 Å². The van der Waals surface area contributed by atoms with Gasteiger partial charge in [-0.05, 0) is 44.4 Å². The summed E-state index contributed by atoms with van der Waals surface area (Å²) in [7, 11) is 0. The fraction of sp³-hybridized carbons (Fsp3) is 0.778. The van der Waals surface area contributed by atoms with Crippen LogP contribution in [0.5, 0.6) is 0 Å². The third-order valence-corrected chi connectivity index (χ3v) is 7.10. The highest BCUT2D eigenvalue weighted by molar-refractivity contribution is 7.99. The van der Waals surface area contributed by atoms with E-state index in [1.807, 2.05) is 11.8 Å². The van der Waals surface area contributed by atoms with Gasteiger partial charge in [-0.15, -0.1) is 11.8 Å². The first-order chi connectivity index (χ1) is 13.0. The molecule has 1 aromatic heterocycles. The Balaban J connectivity index is 0.000000380. The third kappa shape index (κ3) is 6.15.